The van der Waals surface area contributed by atoms with Gasteiger partial charge in [-0.1, -0.05) is 6.07 Å². The first-order chi connectivity index (χ1) is 8.22. The highest BCUT2D eigenvalue weighted by molar-refractivity contribution is 5.80. The number of aromatic nitrogens is 1. The first-order valence-corrected chi connectivity index (χ1v) is 5.48. The molecular weight excluding hydrogens is 220 g/mol. The highest BCUT2D eigenvalue weighted by Gasteiger charge is 2.35. The van der Waals surface area contributed by atoms with Crippen LogP contribution in [0.5, 0.6) is 0 Å². The maximum Gasteiger partial charge on any atom is 0.335 e. The van der Waals surface area contributed by atoms with Gasteiger partial charge in [-0.2, -0.15) is 0 Å². The van der Waals surface area contributed by atoms with Gasteiger partial charge in [0.1, 0.15) is 0 Å². The molecule has 2 rings (SSSR count). The average Bonchev–Trinajstić information content (AvgIpc) is 2.79. The largest absolute Gasteiger partial charge is 0.471 e. The van der Waals surface area contributed by atoms with Crippen LogP contribution in [0, 0.1) is 6.92 Å². The Morgan fingerprint density at radius 3 is 3.00 bits per heavy atom. The van der Waals surface area contributed by atoms with Gasteiger partial charge in [0.25, 0.3) is 0 Å². The lowest BCUT2D eigenvalue weighted by Crippen LogP contribution is -2.26. The predicted molar refractivity (Wildman–Crippen MR) is 61.7 cm³/mol. The van der Waals surface area contributed by atoms with Gasteiger partial charge in [0, 0.05) is 6.20 Å². The van der Waals surface area contributed by atoms with Crippen LogP contribution in [0.4, 0.5) is 0 Å². The van der Waals surface area contributed by atoms with Crippen molar-refractivity contribution >= 4 is 12.4 Å². The predicted octanol–water partition coefficient (Wildman–Crippen LogP) is 1.42. The molecule has 90 valence electrons. The van der Waals surface area contributed by atoms with Gasteiger partial charge in [-0.25, -0.2) is 9.79 Å². The van der Waals surface area contributed by atoms with Gasteiger partial charge < -0.3 is 9.47 Å². The average molecular weight is 234 g/mol. The molecule has 1 aromatic rings. The fourth-order valence-electron chi connectivity index (χ4n) is 1.61. The number of carbonyl (C=O) groups is 1. The summed E-state index contributed by atoms with van der Waals surface area (Å²) in [4.78, 5) is 19.9. The van der Waals surface area contributed by atoms with Crippen LogP contribution in [0.1, 0.15) is 24.3 Å². The molecule has 0 saturated heterocycles. The molecule has 5 nitrogen and oxygen atoms in total. The van der Waals surface area contributed by atoms with Gasteiger partial charge in [0.05, 0.1) is 12.3 Å². The summed E-state index contributed by atoms with van der Waals surface area (Å²) in [5, 5.41) is 0. The molecule has 2 atom stereocenters. The molecule has 2 heterocycles. The minimum Gasteiger partial charge on any atom is -0.471 e. The molecule has 0 amide bonds. The van der Waals surface area contributed by atoms with Crippen LogP contribution in [-0.2, 0) is 14.3 Å². The number of aliphatic imine (C=N–C) groups is 1. The second-order valence-electron chi connectivity index (χ2n) is 3.77. The van der Waals surface area contributed by atoms with Crippen molar-refractivity contribution in [1.29, 1.82) is 0 Å². The lowest BCUT2D eigenvalue weighted by Gasteiger charge is -2.15. The fraction of sp³-hybridized carbons (Fsp3) is 0.417. The number of pyridine rings is 1. The zero-order valence-electron chi connectivity index (χ0n) is 9.79. The second-order valence-corrected chi connectivity index (χ2v) is 3.77. The summed E-state index contributed by atoms with van der Waals surface area (Å²) < 4.78 is 10.2. The molecule has 17 heavy (non-hydrogen) atoms. The van der Waals surface area contributed by atoms with Crippen LogP contribution in [0.3, 0.4) is 0 Å². The molecule has 0 aliphatic carbocycles. The molecule has 1 aromatic heterocycles. The van der Waals surface area contributed by atoms with E-state index in [1.54, 1.807) is 13.1 Å². The Morgan fingerprint density at radius 2 is 2.35 bits per heavy atom. The van der Waals surface area contributed by atoms with E-state index in [0.717, 1.165) is 5.56 Å². The first-order valence-electron chi connectivity index (χ1n) is 5.48. The molecule has 5 heteroatoms. The molecule has 0 N–H and O–H groups in total. The second kappa shape index (κ2) is 4.95. The summed E-state index contributed by atoms with van der Waals surface area (Å²) >= 11 is 0. The number of nitrogens with zero attached hydrogens (tertiary/aromatic N) is 2. The van der Waals surface area contributed by atoms with Crippen LogP contribution < -0.4 is 0 Å². The van der Waals surface area contributed by atoms with Gasteiger partial charge in [-0.15, -0.1) is 0 Å². The molecule has 0 bridgehead atoms. The Bertz CT molecular complexity index is 428. The molecular formula is C12H14N2O3. The third-order valence-corrected chi connectivity index (χ3v) is 2.47. The van der Waals surface area contributed by atoms with Crippen LogP contribution in [0.2, 0.25) is 0 Å². The van der Waals surface area contributed by atoms with E-state index in [1.165, 1.54) is 6.40 Å². The molecule has 1 aliphatic rings. The monoisotopic (exact) mass is 234 g/mol. The summed E-state index contributed by atoms with van der Waals surface area (Å²) in [5.41, 5.74) is 1.74. The molecule has 0 fully saturated rings. The highest BCUT2D eigenvalue weighted by atomic mass is 16.5. The molecule has 1 aliphatic heterocycles. The minimum atomic E-state index is -0.648. The van der Waals surface area contributed by atoms with Crippen molar-refractivity contribution in [2.24, 2.45) is 4.99 Å². The number of aryl methyl sites for hydroxylation is 1. The molecule has 0 spiro atoms. The zero-order valence-corrected chi connectivity index (χ0v) is 9.79. The number of carbonyl (C=O) groups excluding carboxylic acids is 1. The summed E-state index contributed by atoms with van der Waals surface area (Å²) in [6, 6.07) is 3.11. The lowest BCUT2D eigenvalue weighted by molar-refractivity contribution is -0.146. The molecule has 2 unspecified atom stereocenters. The van der Waals surface area contributed by atoms with Crippen LogP contribution in [0.25, 0.3) is 0 Å². The van der Waals surface area contributed by atoms with E-state index < -0.39 is 12.1 Å². The van der Waals surface area contributed by atoms with Gasteiger partial charge >= 0.3 is 5.97 Å². The fourth-order valence-corrected chi connectivity index (χ4v) is 1.61. The van der Waals surface area contributed by atoms with E-state index in [1.807, 2.05) is 19.1 Å². The van der Waals surface area contributed by atoms with Crippen molar-refractivity contribution in [3.63, 3.8) is 0 Å². The van der Waals surface area contributed by atoms with Gasteiger partial charge in [0.2, 0.25) is 0 Å². The zero-order chi connectivity index (χ0) is 12.3. The van der Waals surface area contributed by atoms with Crippen LogP contribution in [-0.4, -0.2) is 30.0 Å². The van der Waals surface area contributed by atoms with Gasteiger partial charge in [0.15, 0.2) is 18.5 Å². The third kappa shape index (κ3) is 2.43. The Kier molecular flexibility index (Phi) is 3.37. The SMILES string of the molecule is CCOC(=O)C1N=COC1c1ccc(C)cn1. The van der Waals surface area contributed by atoms with E-state index in [-0.39, 0.29) is 5.97 Å². The van der Waals surface area contributed by atoms with E-state index in [9.17, 15) is 4.79 Å². The topological polar surface area (TPSA) is 60.8 Å². The van der Waals surface area contributed by atoms with Crippen molar-refractivity contribution < 1.29 is 14.3 Å². The number of esters is 1. The smallest absolute Gasteiger partial charge is 0.335 e. The molecule has 0 radical (unpaired) electrons. The van der Waals surface area contributed by atoms with Crippen molar-refractivity contribution in [2.45, 2.75) is 26.0 Å². The third-order valence-electron chi connectivity index (χ3n) is 2.47. The van der Waals surface area contributed by atoms with E-state index >= 15 is 0 Å². The van der Waals surface area contributed by atoms with E-state index in [0.29, 0.717) is 12.3 Å². The number of ether oxygens (including phenoxy) is 2. The normalized spacial score (nSPS) is 22.2. The van der Waals surface area contributed by atoms with Gasteiger partial charge in [-0.3, -0.25) is 4.98 Å². The Balaban J connectivity index is 2.15. The Morgan fingerprint density at radius 1 is 1.53 bits per heavy atom. The van der Waals surface area contributed by atoms with Crippen molar-refractivity contribution in [3.05, 3.63) is 29.6 Å². The summed E-state index contributed by atoms with van der Waals surface area (Å²) in [6.07, 6.45) is 2.54. The van der Waals surface area contributed by atoms with E-state index in [2.05, 4.69) is 9.98 Å². The number of rotatable bonds is 3. The summed E-state index contributed by atoms with van der Waals surface area (Å²) in [6.45, 7) is 4.04. The Hall–Kier alpha value is -1.91. The summed E-state index contributed by atoms with van der Waals surface area (Å²) in [7, 11) is 0. The first kappa shape index (κ1) is 11.6. The minimum absolute atomic E-state index is 0.332. The van der Waals surface area contributed by atoms with Crippen molar-refractivity contribution in [3.8, 4) is 0 Å². The molecule has 0 aromatic carbocycles. The summed E-state index contributed by atoms with van der Waals surface area (Å²) in [5.74, 6) is -0.381. The standard InChI is InChI=1S/C12H14N2O3/c1-3-16-12(15)10-11(17-7-14-10)9-5-4-8(2)6-13-9/h4-7,10-11H,3H2,1-2H3. The number of hydrogen-bond donors (Lipinski definition) is 0. The van der Waals surface area contributed by atoms with Crippen molar-refractivity contribution in [1.82, 2.24) is 4.98 Å². The lowest BCUT2D eigenvalue weighted by atomic mass is 10.1. The van der Waals surface area contributed by atoms with E-state index in [4.69, 9.17) is 9.47 Å². The van der Waals surface area contributed by atoms with Crippen molar-refractivity contribution in [2.75, 3.05) is 6.61 Å². The van der Waals surface area contributed by atoms with Crippen LogP contribution in [0.15, 0.2) is 23.3 Å². The van der Waals surface area contributed by atoms with Crippen LogP contribution >= 0.6 is 0 Å². The Labute approximate surface area is 99.5 Å². The number of hydrogen-bond acceptors (Lipinski definition) is 5. The maximum atomic E-state index is 11.7. The maximum absolute atomic E-state index is 11.7. The highest BCUT2D eigenvalue weighted by Crippen LogP contribution is 2.26. The van der Waals surface area contributed by atoms with Gasteiger partial charge in [-0.05, 0) is 25.5 Å². The quantitative estimate of drug-likeness (QED) is 0.742. The molecule has 0 saturated carbocycles.